The molecule has 0 spiro atoms. The number of hydrogen-bond donors (Lipinski definition) is 5. The van der Waals surface area contributed by atoms with Crippen molar-refractivity contribution >= 4 is 11.9 Å². The van der Waals surface area contributed by atoms with Gasteiger partial charge in [0.1, 0.15) is 30.5 Å². The zero-order chi connectivity index (χ0) is 20.5. The van der Waals surface area contributed by atoms with Crippen LogP contribution < -0.4 is 5.32 Å². The molecule has 10 atom stereocenters. The third-order valence-electron chi connectivity index (χ3n) is 4.58. The summed E-state index contributed by atoms with van der Waals surface area (Å²) in [4.78, 5) is 22.8. The lowest BCUT2D eigenvalue weighted by Crippen LogP contribution is -2.66. The van der Waals surface area contributed by atoms with Crippen LogP contribution in [-0.4, -0.2) is 93.7 Å². The molecular weight excluding hydrogens is 366 g/mol. The standard InChI is InChI=1S/C16H27NO10/c1-5-10(20)12(22)14(26-8(4)19)16(25-5)27-13-9(17-7(3)18)15(23)24-6(2)11(13)21/h5-6,9-16,20-23H,1-4H3,(H,17,18)/t5-,6+,9+,10+,11-,12+,13+,14+,15-,16-/m0/s1. The van der Waals surface area contributed by atoms with Crippen molar-refractivity contribution in [2.75, 3.05) is 0 Å². The van der Waals surface area contributed by atoms with Gasteiger partial charge in [0.05, 0.1) is 12.2 Å². The predicted molar refractivity (Wildman–Crippen MR) is 86.9 cm³/mol. The van der Waals surface area contributed by atoms with E-state index in [-0.39, 0.29) is 0 Å². The number of hydrogen-bond acceptors (Lipinski definition) is 10. The van der Waals surface area contributed by atoms with Gasteiger partial charge >= 0.3 is 5.97 Å². The van der Waals surface area contributed by atoms with E-state index in [1.54, 1.807) is 0 Å². The second-order valence-corrected chi connectivity index (χ2v) is 6.81. The van der Waals surface area contributed by atoms with E-state index in [2.05, 4.69) is 5.32 Å². The molecule has 0 aromatic carbocycles. The Hall–Kier alpha value is -1.34. The first-order chi connectivity index (χ1) is 12.5. The van der Waals surface area contributed by atoms with Crippen molar-refractivity contribution in [2.24, 2.45) is 0 Å². The lowest BCUT2D eigenvalue weighted by molar-refractivity contribution is -0.336. The Labute approximate surface area is 156 Å². The van der Waals surface area contributed by atoms with Gasteiger partial charge in [0, 0.05) is 13.8 Å². The summed E-state index contributed by atoms with van der Waals surface area (Å²) in [6.45, 7) is 5.32. The van der Waals surface area contributed by atoms with Crippen molar-refractivity contribution in [2.45, 2.75) is 89.0 Å². The van der Waals surface area contributed by atoms with Crippen LogP contribution in [-0.2, 0) is 28.5 Å². The fourth-order valence-corrected chi connectivity index (χ4v) is 3.16. The molecule has 2 aliphatic rings. The second-order valence-electron chi connectivity index (χ2n) is 6.81. The summed E-state index contributed by atoms with van der Waals surface area (Å²) in [6.07, 6.45) is -11.2. The highest BCUT2D eigenvalue weighted by atomic mass is 16.7. The number of ether oxygens (including phenoxy) is 4. The zero-order valence-electron chi connectivity index (χ0n) is 15.5. The molecule has 2 heterocycles. The van der Waals surface area contributed by atoms with E-state index in [0.717, 1.165) is 6.92 Å². The summed E-state index contributed by atoms with van der Waals surface area (Å²) in [5.74, 6) is -1.24. The number of aliphatic hydroxyl groups is 4. The van der Waals surface area contributed by atoms with Gasteiger partial charge in [0.25, 0.3) is 0 Å². The van der Waals surface area contributed by atoms with Crippen LogP contribution in [0.3, 0.4) is 0 Å². The van der Waals surface area contributed by atoms with Crippen LogP contribution in [0, 0.1) is 0 Å². The lowest BCUT2D eigenvalue weighted by Gasteiger charge is -2.46. The van der Waals surface area contributed by atoms with Crippen LogP contribution >= 0.6 is 0 Å². The molecule has 0 radical (unpaired) electrons. The number of aliphatic hydroxyl groups excluding tert-OH is 4. The van der Waals surface area contributed by atoms with Crippen LogP contribution in [0.15, 0.2) is 0 Å². The Morgan fingerprint density at radius 3 is 2.04 bits per heavy atom. The van der Waals surface area contributed by atoms with Crippen LogP contribution in [0.4, 0.5) is 0 Å². The monoisotopic (exact) mass is 393 g/mol. The lowest BCUT2D eigenvalue weighted by atomic mass is 9.96. The molecule has 11 heteroatoms. The molecule has 156 valence electrons. The van der Waals surface area contributed by atoms with Gasteiger partial charge in [-0.25, -0.2) is 0 Å². The first kappa shape index (κ1) is 22.0. The molecule has 2 rings (SSSR count). The van der Waals surface area contributed by atoms with Crippen molar-refractivity contribution in [1.29, 1.82) is 0 Å². The highest BCUT2D eigenvalue weighted by molar-refractivity contribution is 5.73. The Balaban J connectivity index is 2.26. The average Bonchev–Trinajstić information content (AvgIpc) is 2.56. The number of nitrogens with one attached hydrogen (secondary N) is 1. The van der Waals surface area contributed by atoms with E-state index in [1.165, 1.54) is 20.8 Å². The maximum atomic E-state index is 11.5. The fraction of sp³-hybridized carbons (Fsp3) is 0.875. The molecule has 0 bridgehead atoms. The summed E-state index contributed by atoms with van der Waals surface area (Å²) in [7, 11) is 0. The first-order valence-corrected chi connectivity index (χ1v) is 8.66. The number of amides is 1. The highest BCUT2D eigenvalue weighted by Crippen LogP contribution is 2.29. The topological polar surface area (TPSA) is 164 Å². The highest BCUT2D eigenvalue weighted by Gasteiger charge is 2.51. The van der Waals surface area contributed by atoms with Crippen molar-refractivity contribution < 1.29 is 49.0 Å². The average molecular weight is 393 g/mol. The summed E-state index contributed by atoms with van der Waals surface area (Å²) >= 11 is 0. The van der Waals surface area contributed by atoms with Crippen LogP contribution in [0.5, 0.6) is 0 Å². The zero-order valence-corrected chi connectivity index (χ0v) is 15.5. The van der Waals surface area contributed by atoms with Gasteiger partial charge in [-0.1, -0.05) is 0 Å². The molecule has 2 aliphatic heterocycles. The third-order valence-corrected chi connectivity index (χ3v) is 4.58. The van der Waals surface area contributed by atoms with Gasteiger partial charge in [-0.2, -0.15) is 0 Å². The normalized spacial score (nSPS) is 45.2. The van der Waals surface area contributed by atoms with Gasteiger partial charge in [-0.05, 0) is 13.8 Å². The molecule has 0 aromatic heterocycles. The summed E-state index contributed by atoms with van der Waals surface area (Å²) in [5.41, 5.74) is 0. The van der Waals surface area contributed by atoms with Crippen LogP contribution in [0.1, 0.15) is 27.7 Å². The molecule has 0 unspecified atom stereocenters. The van der Waals surface area contributed by atoms with Gasteiger partial charge in [-0.3, -0.25) is 9.59 Å². The van der Waals surface area contributed by atoms with Crippen molar-refractivity contribution in [1.82, 2.24) is 5.32 Å². The molecule has 0 saturated carbocycles. The first-order valence-electron chi connectivity index (χ1n) is 8.66. The minimum absolute atomic E-state index is 0.497. The van der Waals surface area contributed by atoms with E-state index in [0.29, 0.717) is 0 Å². The number of rotatable bonds is 4. The molecule has 0 aliphatic carbocycles. The maximum absolute atomic E-state index is 11.5. The minimum Gasteiger partial charge on any atom is -0.454 e. The molecule has 0 aromatic rings. The van der Waals surface area contributed by atoms with E-state index in [9.17, 15) is 30.0 Å². The molecule has 2 saturated heterocycles. The van der Waals surface area contributed by atoms with Crippen molar-refractivity contribution in [3.63, 3.8) is 0 Å². The molecule has 5 N–H and O–H groups in total. The minimum atomic E-state index is -1.50. The van der Waals surface area contributed by atoms with E-state index in [1.807, 2.05) is 0 Å². The van der Waals surface area contributed by atoms with Crippen LogP contribution in [0.25, 0.3) is 0 Å². The summed E-state index contributed by atoms with van der Waals surface area (Å²) in [6, 6.07) is -1.14. The number of carbonyl (C=O) groups is 2. The van der Waals surface area contributed by atoms with Gasteiger partial charge in [0.15, 0.2) is 18.7 Å². The van der Waals surface area contributed by atoms with Crippen molar-refractivity contribution in [3.8, 4) is 0 Å². The van der Waals surface area contributed by atoms with Crippen molar-refractivity contribution in [3.05, 3.63) is 0 Å². The molecule has 1 amide bonds. The third kappa shape index (κ3) is 4.93. The Morgan fingerprint density at radius 1 is 0.889 bits per heavy atom. The van der Waals surface area contributed by atoms with Gasteiger partial charge in [0.2, 0.25) is 5.91 Å². The quantitative estimate of drug-likeness (QED) is 0.319. The molecular formula is C16H27NO10. The van der Waals surface area contributed by atoms with E-state index >= 15 is 0 Å². The Bertz CT molecular complexity index is 545. The van der Waals surface area contributed by atoms with Gasteiger partial charge in [-0.15, -0.1) is 0 Å². The van der Waals surface area contributed by atoms with E-state index in [4.69, 9.17) is 18.9 Å². The number of esters is 1. The second kappa shape index (κ2) is 8.78. The molecule has 11 nitrogen and oxygen atoms in total. The maximum Gasteiger partial charge on any atom is 0.303 e. The van der Waals surface area contributed by atoms with Gasteiger partial charge < -0.3 is 44.7 Å². The summed E-state index contributed by atoms with van der Waals surface area (Å²) in [5, 5.41) is 43.2. The Kier molecular flexibility index (Phi) is 7.14. The molecule has 27 heavy (non-hydrogen) atoms. The Morgan fingerprint density at radius 2 is 1.48 bits per heavy atom. The smallest absolute Gasteiger partial charge is 0.303 e. The SMILES string of the molecule is CC(=O)N[C@@H]1[C@@H](O[C@@H]2O[C@@H](C)[C@@H](O)[C@@H](O)[C@H]2OC(C)=O)[C@@H](O)[C@@H](C)O[C@@H]1O. The summed E-state index contributed by atoms with van der Waals surface area (Å²) < 4.78 is 21.4. The predicted octanol–water partition coefficient (Wildman–Crippen LogP) is -2.63. The van der Waals surface area contributed by atoms with E-state index < -0.39 is 73.2 Å². The number of carbonyl (C=O) groups excluding carboxylic acids is 2. The van der Waals surface area contributed by atoms with Crippen LogP contribution in [0.2, 0.25) is 0 Å². The largest absolute Gasteiger partial charge is 0.454 e. The fourth-order valence-electron chi connectivity index (χ4n) is 3.16. The molecule has 2 fully saturated rings.